The van der Waals surface area contributed by atoms with E-state index in [9.17, 15) is 13.2 Å². The van der Waals surface area contributed by atoms with Crippen molar-refractivity contribution in [2.24, 2.45) is 0 Å². The van der Waals surface area contributed by atoms with E-state index in [2.05, 4.69) is 10.0 Å². The summed E-state index contributed by atoms with van der Waals surface area (Å²) in [6, 6.07) is 8.21. The first-order valence-corrected chi connectivity index (χ1v) is 11.4. The van der Waals surface area contributed by atoms with Crippen LogP contribution in [0, 0.1) is 6.92 Å². The van der Waals surface area contributed by atoms with Gasteiger partial charge in [-0.3, -0.25) is 4.79 Å². The smallest absolute Gasteiger partial charge is 0.251 e. The summed E-state index contributed by atoms with van der Waals surface area (Å²) in [5, 5.41) is 3.11. The molecule has 0 spiro atoms. The lowest BCUT2D eigenvalue weighted by atomic mass is 9.96. The fourth-order valence-electron chi connectivity index (χ4n) is 3.54. The molecule has 1 heterocycles. The number of rotatable bonds is 6. The summed E-state index contributed by atoms with van der Waals surface area (Å²) < 4.78 is 32.9. The van der Waals surface area contributed by atoms with Gasteiger partial charge in [0, 0.05) is 11.6 Å². The molecule has 0 aliphatic heterocycles. The van der Waals surface area contributed by atoms with Crippen molar-refractivity contribution in [1.29, 1.82) is 0 Å². The molecule has 28 heavy (non-hydrogen) atoms. The van der Waals surface area contributed by atoms with Gasteiger partial charge in [-0.2, -0.15) is 0 Å². The number of hydrogen-bond acceptors (Lipinski definition) is 4. The summed E-state index contributed by atoms with van der Waals surface area (Å²) >= 11 is 0. The molecule has 1 fully saturated rings. The van der Waals surface area contributed by atoms with Gasteiger partial charge in [0.05, 0.1) is 17.7 Å². The van der Waals surface area contributed by atoms with Crippen molar-refractivity contribution in [2.75, 3.05) is 0 Å². The summed E-state index contributed by atoms with van der Waals surface area (Å²) in [5.41, 5.74) is 1.16. The van der Waals surface area contributed by atoms with Gasteiger partial charge in [-0.25, -0.2) is 13.1 Å². The Morgan fingerprint density at radius 1 is 1.11 bits per heavy atom. The molecule has 1 aromatic carbocycles. The number of amides is 1. The third-order valence-electron chi connectivity index (χ3n) is 5.22. The number of sulfonamides is 1. The second-order valence-corrected chi connectivity index (χ2v) is 9.16. The summed E-state index contributed by atoms with van der Waals surface area (Å²) in [4.78, 5) is 12.9. The van der Waals surface area contributed by atoms with E-state index in [1.165, 1.54) is 37.7 Å². The average Bonchev–Trinajstić information content (AvgIpc) is 3.16. The molecule has 3 rings (SSSR count). The predicted molar refractivity (Wildman–Crippen MR) is 107 cm³/mol. The molecule has 1 saturated carbocycles. The average molecular weight is 405 g/mol. The molecule has 2 N–H and O–H groups in total. The number of carbonyl (C=O) groups is 1. The van der Waals surface area contributed by atoms with Crippen LogP contribution in [0.25, 0.3) is 0 Å². The van der Waals surface area contributed by atoms with Gasteiger partial charge < -0.3 is 9.73 Å². The number of nitrogens with one attached hydrogen (secondary N) is 2. The third-order valence-corrected chi connectivity index (χ3v) is 6.62. The zero-order valence-electron chi connectivity index (χ0n) is 16.2. The second kappa shape index (κ2) is 9.39. The van der Waals surface area contributed by atoms with Crippen LogP contribution in [-0.2, 0) is 16.6 Å². The lowest BCUT2D eigenvalue weighted by Crippen LogP contribution is -2.35. The Labute approximate surface area is 166 Å². The Morgan fingerprint density at radius 3 is 2.50 bits per heavy atom. The molecule has 0 unspecified atom stereocenters. The van der Waals surface area contributed by atoms with Gasteiger partial charge in [-0.05, 0) is 49.6 Å². The fraction of sp³-hybridized carbons (Fsp3) is 0.476. The molecular formula is C21H28N2O4S. The molecule has 152 valence electrons. The van der Waals surface area contributed by atoms with Gasteiger partial charge in [0.2, 0.25) is 10.0 Å². The van der Waals surface area contributed by atoms with Gasteiger partial charge in [0.1, 0.15) is 5.76 Å². The fourth-order valence-corrected chi connectivity index (χ4v) is 4.56. The Morgan fingerprint density at radius 2 is 1.82 bits per heavy atom. The van der Waals surface area contributed by atoms with Crippen LogP contribution in [0.2, 0.25) is 0 Å². The maximum absolute atomic E-state index is 12.8. The Kier molecular flexibility index (Phi) is 6.91. The van der Waals surface area contributed by atoms with E-state index in [4.69, 9.17) is 4.42 Å². The highest BCUT2D eigenvalue weighted by atomic mass is 32.2. The second-order valence-electron chi connectivity index (χ2n) is 7.40. The number of furan rings is 1. The van der Waals surface area contributed by atoms with Crippen LogP contribution in [0.5, 0.6) is 0 Å². The summed E-state index contributed by atoms with van der Waals surface area (Å²) in [7, 11) is -3.74. The standard InChI is InChI=1S/C21H28N2O4S/c1-16-11-12-19(28(25,26)22-15-18-10-7-13-27-18)14-20(16)21(24)23-17-8-5-3-2-4-6-9-17/h7,10-14,17,22H,2-6,8-9,15H2,1H3,(H,23,24). The number of aryl methyl sites for hydroxylation is 1. The third kappa shape index (κ3) is 5.45. The Bertz CT molecular complexity index is 883. The lowest BCUT2D eigenvalue weighted by Gasteiger charge is -2.21. The highest BCUT2D eigenvalue weighted by Gasteiger charge is 2.20. The van der Waals surface area contributed by atoms with Crippen LogP contribution < -0.4 is 10.0 Å². The Hall–Kier alpha value is -2.12. The van der Waals surface area contributed by atoms with Crippen molar-refractivity contribution in [3.63, 3.8) is 0 Å². The van der Waals surface area contributed by atoms with Crippen LogP contribution in [0.4, 0.5) is 0 Å². The minimum atomic E-state index is -3.74. The lowest BCUT2D eigenvalue weighted by molar-refractivity contribution is 0.0929. The van der Waals surface area contributed by atoms with Gasteiger partial charge in [-0.15, -0.1) is 0 Å². The number of benzene rings is 1. The van der Waals surface area contributed by atoms with Crippen molar-refractivity contribution in [1.82, 2.24) is 10.0 Å². The van der Waals surface area contributed by atoms with E-state index in [0.717, 1.165) is 31.2 Å². The van der Waals surface area contributed by atoms with E-state index in [1.54, 1.807) is 18.2 Å². The molecule has 1 aromatic heterocycles. The quantitative estimate of drug-likeness (QED) is 0.764. The summed E-state index contributed by atoms with van der Waals surface area (Å²) in [6.45, 7) is 1.88. The minimum Gasteiger partial charge on any atom is -0.468 e. The minimum absolute atomic E-state index is 0.0623. The van der Waals surface area contributed by atoms with E-state index in [-0.39, 0.29) is 23.4 Å². The highest BCUT2D eigenvalue weighted by molar-refractivity contribution is 7.89. The number of carbonyl (C=O) groups excluding carboxylic acids is 1. The first-order valence-electron chi connectivity index (χ1n) is 9.89. The number of hydrogen-bond donors (Lipinski definition) is 2. The monoisotopic (exact) mass is 404 g/mol. The molecule has 0 atom stereocenters. The largest absolute Gasteiger partial charge is 0.468 e. The molecule has 0 saturated heterocycles. The predicted octanol–water partition coefficient (Wildman–Crippen LogP) is 3.91. The van der Waals surface area contributed by atoms with E-state index >= 15 is 0 Å². The van der Waals surface area contributed by atoms with Crippen molar-refractivity contribution < 1.29 is 17.6 Å². The van der Waals surface area contributed by atoms with Crippen molar-refractivity contribution in [2.45, 2.75) is 69.4 Å². The Balaban J connectivity index is 1.71. The van der Waals surface area contributed by atoms with Gasteiger partial charge in [0.15, 0.2) is 0 Å². The SMILES string of the molecule is Cc1ccc(S(=O)(=O)NCc2ccco2)cc1C(=O)NC1CCCCCCC1. The molecule has 6 nitrogen and oxygen atoms in total. The molecular weight excluding hydrogens is 376 g/mol. The van der Waals surface area contributed by atoms with E-state index < -0.39 is 10.0 Å². The van der Waals surface area contributed by atoms with Gasteiger partial charge in [-0.1, -0.05) is 38.2 Å². The van der Waals surface area contributed by atoms with Gasteiger partial charge in [0.25, 0.3) is 5.91 Å². The molecule has 0 radical (unpaired) electrons. The van der Waals surface area contributed by atoms with E-state index in [0.29, 0.717) is 11.3 Å². The van der Waals surface area contributed by atoms with Crippen LogP contribution in [0.3, 0.4) is 0 Å². The molecule has 1 amide bonds. The van der Waals surface area contributed by atoms with Crippen LogP contribution in [0.1, 0.15) is 66.6 Å². The van der Waals surface area contributed by atoms with Crippen LogP contribution in [0.15, 0.2) is 45.9 Å². The van der Waals surface area contributed by atoms with E-state index in [1.807, 2.05) is 6.92 Å². The molecule has 0 bridgehead atoms. The van der Waals surface area contributed by atoms with Gasteiger partial charge >= 0.3 is 0 Å². The first kappa shape index (κ1) is 20.6. The highest BCUT2D eigenvalue weighted by Crippen LogP contribution is 2.20. The van der Waals surface area contributed by atoms with Crippen molar-refractivity contribution in [3.05, 3.63) is 53.5 Å². The molecule has 7 heteroatoms. The molecule has 1 aliphatic carbocycles. The van der Waals surface area contributed by atoms with Crippen molar-refractivity contribution >= 4 is 15.9 Å². The molecule has 2 aromatic rings. The normalized spacial score (nSPS) is 16.3. The topological polar surface area (TPSA) is 88.4 Å². The van der Waals surface area contributed by atoms with Crippen LogP contribution >= 0.6 is 0 Å². The first-order chi connectivity index (χ1) is 13.5. The zero-order chi connectivity index (χ0) is 20.0. The summed E-state index contributed by atoms with van der Waals surface area (Å²) in [6.07, 6.45) is 9.38. The summed E-state index contributed by atoms with van der Waals surface area (Å²) in [5.74, 6) is 0.323. The zero-order valence-corrected chi connectivity index (χ0v) is 17.1. The molecule has 1 aliphatic rings. The van der Waals surface area contributed by atoms with Crippen molar-refractivity contribution in [3.8, 4) is 0 Å². The van der Waals surface area contributed by atoms with Crippen LogP contribution in [-0.4, -0.2) is 20.4 Å². The maximum Gasteiger partial charge on any atom is 0.251 e. The maximum atomic E-state index is 12.8.